The van der Waals surface area contributed by atoms with Crippen molar-refractivity contribution in [3.05, 3.63) is 24.3 Å². The number of hydrogen-bond acceptors (Lipinski definition) is 4. The van der Waals surface area contributed by atoms with Gasteiger partial charge in [-0.15, -0.1) is 0 Å². The van der Waals surface area contributed by atoms with Gasteiger partial charge in [0.1, 0.15) is 12.4 Å². The highest BCUT2D eigenvalue weighted by Crippen LogP contribution is 2.18. The molecule has 108 valence electrons. The molecule has 0 spiro atoms. The Morgan fingerprint density at radius 3 is 2.80 bits per heavy atom. The summed E-state index contributed by atoms with van der Waals surface area (Å²) in [4.78, 5) is 10.8. The molecule has 1 atom stereocenters. The highest BCUT2D eigenvalue weighted by Gasteiger charge is 2.15. The molecule has 1 saturated heterocycles. The molecule has 5 nitrogen and oxygen atoms in total. The quantitative estimate of drug-likeness (QED) is 0.833. The van der Waals surface area contributed by atoms with Gasteiger partial charge in [0, 0.05) is 19.2 Å². The molecule has 1 aliphatic heterocycles. The summed E-state index contributed by atoms with van der Waals surface area (Å²) in [5.74, 6) is 0.593. The average Bonchev–Trinajstić information content (AvgIpc) is 2.90. The molecule has 1 aromatic carbocycles. The summed E-state index contributed by atoms with van der Waals surface area (Å²) in [5, 5.41) is 5.70. The van der Waals surface area contributed by atoms with Gasteiger partial charge in [-0.3, -0.25) is 4.79 Å². The summed E-state index contributed by atoms with van der Waals surface area (Å²) in [5.41, 5.74) is 0.799. The van der Waals surface area contributed by atoms with Gasteiger partial charge in [0.05, 0.1) is 6.10 Å². The van der Waals surface area contributed by atoms with Gasteiger partial charge >= 0.3 is 0 Å². The number of amides is 1. The number of hydrogen-bond donors (Lipinski definition) is 2. The second-order valence-corrected chi connectivity index (χ2v) is 5.01. The Labute approximate surface area is 123 Å². The van der Waals surface area contributed by atoms with E-state index in [0.29, 0.717) is 6.61 Å². The van der Waals surface area contributed by atoms with Crippen LogP contribution in [0.4, 0.5) is 5.69 Å². The van der Waals surface area contributed by atoms with Crippen molar-refractivity contribution in [3.63, 3.8) is 0 Å². The van der Waals surface area contributed by atoms with Crippen molar-refractivity contribution in [3.8, 4) is 5.75 Å². The highest BCUT2D eigenvalue weighted by atomic mass is 32.1. The first-order valence-electron chi connectivity index (χ1n) is 6.56. The molecule has 1 aromatic rings. The zero-order chi connectivity index (χ0) is 14.4. The van der Waals surface area contributed by atoms with Gasteiger partial charge < -0.3 is 20.1 Å². The van der Waals surface area contributed by atoms with E-state index in [4.69, 9.17) is 21.7 Å². The Kier molecular flexibility index (Phi) is 5.31. The van der Waals surface area contributed by atoms with E-state index in [1.54, 1.807) is 0 Å². The van der Waals surface area contributed by atoms with Gasteiger partial charge in [0.25, 0.3) is 0 Å². The van der Waals surface area contributed by atoms with Gasteiger partial charge in [0.2, 0.25) is 5.91 Å². The molecular weight excluding hydrogens is 276 g/mol. The van der Waals surface area contributed by atoms with Crippen molar-refractivity contribution in [2.24, 2.45) is 0 Å². The molecule has 0 unspecified atom stereocenters. The van der Waals surface area contributed by atoms with Gasteiger partial charge in [0.15, 0.2) is 5.11 Å². The van der Waals surface area contributed by atoms with Crippen LogP contribution in [0.3, 0.4) is 0 Å². The topological polar surface area (TPSA) is 59.6 Å². The first kappa shape index (κ1) is 14.7. The number of benzene rings is 1. The number of carbonyl (C=O) groups excluding carboxylic acids is 1. The van der Waals surface area contributed by atoms with E-state index < -0.39 is 0 Å². The van der Waals surface area contributed by atoms with Crippen LogP contribution in [0, 0.1) is 0 Å². The summed E-state index contributed by atoms with van der Waals surface area (Å²) in [6, 6.07) is 7.40. The minimum Gasteiger partial charge on any atom is -0.491 e. The van der Waals surface area contributed by atoms with Gasteiger partial charge in [-0.25, -0.2) is 0 Å². The van der Waals surface area contributed by atoms with Crippen molar-refractivity contribution >= 4 is 28.9 Å². The number of ether oxygens (including phenoxy) is 2. The maximum Gasteiger partial charge on any atom is 0.222 e. The average molecular weight is 294 g/mol. The predicted octanol–water partition coefficient (Wildman–Crippen LogP) is 2.08. The molecule has 1 heterocycles. The third-order valence-electron chi connectivity index (χ3n) is 2.86. The number of rotatable bonds is 4. The fraction of sp³-hybridized carbons (Fsp3) is 0.429. The minimum atomic E-state index is -0.195. The first-order valence-corrected chi connectivity index (χ1v) is 6.97. The zero-order valence-corrected chi connectivity index (χ0v) is 12.2. The van der Waals surface area contributed by atoms with Crippen LogP contribution < -0.4 is 15.4 Å². The molecule has 1 fully saturated rings. The van der Waals surface area contributed by atoms with Crippen molar-refractivity contribution in [2.75, 3.05) is 18.5 Å². The molecule has 2 rings (SSSR count). The molecule has 20 heavy (non-hydrogen) atoms. The summed E-state index contributed by atoms with van der Waals surface area (Å²) in [6.45, 7) is 2.82. The van der Waals surface area contributed by atoms with Crippen molar-refractivity contribution in [2.45, 2.75) is 25.9 Å². The van der Waals surface area contributed by atoms with Gasteiger partial charge in [-0.05, 0) is 49.3 Å². The molecule has 0 saturated carbocycles. The lowest BCUT2D eigenvalue weighted by Gasteiger charge is -2.12. The monoisotopic (exact) mass is 294 g/mol. The van der Waals surface area contributed by atoms with Crippen LogP contribution in [-0.4, -0.2) is 30.3 Å². The summed E-state index contributed by atoms with van der Waals surface area (Å²) < 4.78 is 11.2. The molecule has 0 bridgehead atoms. The largest absolute Gasteiger partial charge is 0.491 e. The normalized spacial score (nSPS) is 17.6. The summed E-state index contributed by atoms with van der Waals surface area (Å²) in [6.07, 6.45) is 2.38. The van der Waals surface area contributed by atoms with E-state index in [2.05, 4.69) is 10.6 Å². The standard InChI is InChI=1S/C14H18N2O3S/c1-10(17)15-14(20)16-11-4-6-12(7-5-11)19-9-13-3-2-8-18-13/h4-7,13H,2-3,8-9H2,1H3,(H2,15,16,17,20)/t13-/m1/s1. The van der Waals surface area contributed by atoms with Gasteiger partial charge in [-0.1, -0.05) is 0 Å². The Balaban J connectivity index is 1.79. The zero-order valence-electron chi connectivity index (χ0n) is 11.3. The Morgan fingerprint density at radius 1 is 1.45 bits per heavy atom. The van der Waals surface area contributed by atoms with Crippen molar-refractivity contribution in [1.29, 1.82) is 0 Å². The molecule has 2 N–H and O–H groups in total. The molecule has 0 aromatic heterocycles. The molecule has 6 heteroatoms. The smallest absolute Gasteiger partial charge is 0.222 e. The fourth-order valence-corrected chi connectivity index (χ4v) is 2.18. The Bertz CT molecular complexity index is 470. The van der Waals surface area contributed by atoms with Crippen molar-refractivity contribution < 1.29 is 14.3 Å². The predicted molar refractivity (Wildman–Crippen MR) is 80.9 cm³/mol. The van der Waals surface area contributed by atoms with E-state index in [1.165, 1.54) is 6.92 Å². The van der Waals surface area contributed by atoms with Gasteiger partial charge in [-0.2, -0.15) is 0 Å². The third kappa shape index (κ3) is 4.79. The lowest BCUT2D eigenvalue weighted by atomic mass is 10.2. The maximum absolute atomic E-state index is 10.8. The fourth-order valence-electron chi connectivity index (χ4n) is 1.92. The van der Waals surface area contributed by atoms with E-state index in [-0.39, 0.29) is 17.1 Å². The van der Waals surface area contributed by atoms with Crippen LogP contribution in [0.2, 0.25) is 0 Å². The maximum atomic E-state index is 10.8. The molecule has 0 radical (unpaired) electrons. The number of anilines is 1. The lowest BCUT2D eigenvalue weighted by Crippen LogP contribution is -2.32. The Morgan fingerprint density at radius 2 is 2.20 bits per heavy atom. The van der Waals surface area contributed by atoms with Crippen LogP contribution in [0.1, 0.15) is 19.8 Å². The van der Waals surface area contributed by atoms with E-state index in [0.717, 1.165) is 30.9 Å². The van der Waals surface area contributed by atoms with E-state index >= 15 is 0 Å². The second-order valence-electron chi connectivity index (χ2n) is 4.61. The first-order chi connectivity index (χ1) is 9.63. The number of nitrogens with one attached hydrogen (secondary N) is 2. The van der Waals surface area contributed by atoms with Crippen molar-refractivity contribution in [1.82, 2.24) is 5.32 Å². The van der Waals surface area contributed by atoms with Crippen LogP contribution in [0.15, 0.2) is 24.3 Å². The van der Waals surface area contributed by atoms with E-state index in [9.17, 15) is 4.79 Å². The van der Waals surface area contributed by atoms with E-state index in [1.807, 2.05) is 24.3 Å². The Hall–Kier alpha value is -1.66. The summed E-state index contributed by atoms with van der Waals surface area (Å²) in [7, 11) is 0. The van der Waals surface area contributed by atoms with Crippen LogP contribution in [0.5, 0.6) is 5.75 Å². The summed E-state index contributed by atoms with van der Waals surface area (Å²) >= 11 is 4.98. The van der Waals surface area contributed by atoms with Crippen LogP contribution in [-0.2, 0) is 9.53 Å². The highest BCUT2D eigenvalue weighted by molar-refractivity contribution is 7.80. The number of carbonyl (C=O) groups is 1. The minimum absolute atomic E-state index is 0.195. The molecule has 1 amide bonds. The van der Waals surface area contributed by atoms with Crippen LogP contribution >= 0.6 is 12.2 Å². The molecule has 1 aliphatic rings. The third-order valence-corrected chi connectivity index (χ3v) is 3.07. The van der Waals surface area contributed by atoms with Crippen LogP contribution in [0.25, 0.3) is 0 Å². The SMILES string of the molecule is CC(=O)NC(=S)Nc1ccc(OC[C@H]2CCCO2)cc1. The molecule has 0 aliphatic carbocycles. The molecular formula is C14H18N2O3S. The lowest BCUT2D eigenvalue weighted by molar-refractivity contribution is -0.117. The second kappa shape index (κ2) is 7.21. The number of thiocarbonyl (C=S) groups is 1.